The van der Waals surface area contributed by atoms with E-state index in [1.807, 2.05) is 0 Å². The Morgan fingerprint density at radius 3 is 1.00 bits per heavy atom. The molecule has 0 aromatic heterocycles. The van der Waals surface area contributed by atoms with E-state index < -0.39 is 25.2 Å². The Labute approximate surface area is 82.6 Å². The number of carboxylic acids is 2. The van der Waals surface area contributed by atoms with Crippen LogP contribution in [0, 0.1) is 0 Å². The smallest absolute Gasteiger partial charge is 0.329 e. The molecule has 0 amide bonds. The maximum Gasteiger partial charge on any atom is 0.329 e. The number of hydrogen-bond donors (Lipinski definition) is 4. The molecule has 0 aromatic rings. The third kappa shape index (κ3) is 41.4. The van der Waals surface area contributed by atoms with Gasteiger partial charge in [-0.05, 0) is 0 Å². The fourth-order valence-corrected chi connectivity index (χ4v) is 0. The van der Waals surface area contributed by atoms with Crippen LogP contribution in [0.25, 0.3) is 0 Å². The van der Waals surface area contributed by atoms with Gasteiger partial charge in [-0.3, -0.25) is 0 Å². The Morgan fingerprint density at radius 1 is 0.909 bits per heavy atom. The summed E-state index contributed by atoms with van der Waals surface area (Å²) in [7, 11) is 0. The normalized spacial score (nSPS) is 6.73. The summed E-state index contributed by atoms with van der Waals surface area (Å²) in [5, 5.41) is 30.0. The minimum absolute atomic E-state index is 0. The van der Waals surface area contributed by atoms with Gasteiger partial charge >= 0.3 is 11.9 Å². The molecule has 6 nitrogen and oxygen atoms in total. The molecule has 0 spiro atoms. The van der Waals surface area contributed by atoms with Crippen LogP contribution in [-0.4, -0.2) is 45.6 Å². The number of aliphatic hydroxyl groups is 2. The van der Waals surface area contributed by atoms with Gasteiger partial charge in [-0.25, -0.2) is 9.59 Å². The SMILES string of the molecule is O=C(O)CO.O=C(O)CO.[Cd]. The van der Waals surface area contributed by atoms with Crippen LogP contribution in [0.3, 0.4) is 0 Å². The van der Waals surface area contributed by atoms with Crippen molar-refractivity contribution in [2.24, 2.45) is 0 Å². The van der Waals surface area contributed by atoms with Gasteiger partial charge in [-0.15, -0.1) is 0 Å². The summed E-state index contributed by atoms with van der Waals surface area (Å²) < 4.78 is 0. The summed E-state index contributed by atoms with van der Waals surface area (Å²) in [5.74, 6) is -2.38. The maximum absolute atomic E-state index is 9.12. The van der Waals surface area contributed by atoms with Gasteiger partial charge in [0.15, 0.2) is 0 Å². The Hall–Kier alpha value is -0.218. The number of hydrogen-bond acceptors (Lipinski definition) is 4. The first-order valence-electron chi connectivity index (χ1n) is 2.20. The van der Waals surface area contributed by atoms with E-state index in [0.717, 1.165) is 0 Å². The van der Waals surface area contributed by atoms with Crippen LogP contribution in [0.1, 0.15) is 0 Å². The number of carbonyl (C=O) groups is 2. The minimum Gasteiger partial charge on any atom is -0.480 e. The average Bonchev–Trinajstić information content (AvgIpc) is 1.89. The predicted octanol–water partition coefficient (Wildman–Crippen LogP) is -1.88. The topological polar surface area (TPSA) is 115 Å². The molecule has 0 radical (unpaired) electrons. The van der Waals surface area contributed by atoms with E-state index >= 15 is 0 Å². The largest absolute Gasteiger partial charge is 0.480 e. The van der Waals surface area contributed by atoms with Gasteiger partial charge in [0.25, 0.3) is 0 Å². The number of aliphatic hydroxyl groups excluding tert-OH is 2. The zero-order valence-electron chi connectivity index (χ0n) is 5.73. The Balaban J connectivity index is -0.000000107. The molecule has 11 heavy (non-hydrogen) atoms. The second kappa shape index (κ2) is 12.5. The van der Waals surface area contributed by atoms with E-state index in [1.165, 1.54) is 0 Å². The summed E-state index contributed by atoms with van der Waals surface area (Å²) in [6, 6.07) is 0. The van der Waals surface area contributed by atoms with Crippen molar-refractivity contribution in [2.75, 3.05) is 13.2 Å². The number of carboxylic acid groups (broad SMARTS) is 2. The van der Waals surface area contributed by atoms with Crippen LogP contribution < -0.4 is 0 Å². The second-order valence-electron chi connectivity index (χ2n) is 1.10. The monoisotopic (exact) mass is 266 g/mol. The van der Waals surface area contributed by atoms with Crippen molar-refractivity contribution < 1.29 is 57.3 Å². The van der Waals surface area contributed by atoms with Gasteiger partial charge in [-0.2, -0.15) is 0 Å². The standard InChI is InChI=1S/2C2H4O3.Cd/c2*3-1-2(4)5;/h2*3H,1H2,(H,4,5);. The van der Waals surface area contributed by atoms with Crippen molar-refractivity contribution in [1.29, 1.82) is 0 Å². The summed E-state index contributed by atoms with van der Waals surface area (Å²) in [4.78, 5) is 18.2. The van der Waals surface area contributed by atoms with Gasteiger partial charge in [0.05, 0.1) is 0 Å². The zero-order chi connectivity index (χ0) is 8.57. The van der Waals surface area contributed by atoms with Gasteiger partial charge in [0.2, 0.25) is 0 Å². The molecule has 0 aliphatic rings. The summed E-state index contributed by atoms with van der Waals surface area (Å²) in [6.07, 6.45) is 0. The third-order valence-corrected chi connectivity index (χ3v) is 0.271. The second-order valence-corrected chi connectivity index (χ2v) is 1.10. The van der Waals surface area contributed by atoms with E-state index in [-0.39, 0.29) is 27.3 Å². The first-order chi connectivity index (χ1) is 4.54. The first kappa shape index (κ1) is 17.0. The molecule has 0 aliphatic heterocycles. The van der Waals surface area contributed by atoms with E-state index in [2.05, 4.69) is 0 Å². The molecule has 4 N–H and O–H groups in total. The molecule has 0 saturated heterocycles. The zero-order valence-corrected chi connectivity index (χ0v) is 9.76. The molecule has 62 valence electrons. The summed E-state index contributed by atoms with van der Waals surface area (Å²) in [5.41, 5.74) is 0. The molecule has 0 fully saturated rings. The molecule has 0 bridgehead atoms. The van der Waals surface area contributed by atoms with Crippen molar-refractivity contribution in [1.82, 2.24) is 0 Å². The Morgan fingerprint density at radius 2 is 1.00 bits per heavy atom. The van der Waals surface area contributed by atoms with Gasteiger partial charge in [0, 0.05) is 27.3 Å². The summed E-state index contributed by atoms with van der Waals surface area (Å²) in [6.45, 7) is -1.56. The van der Waals surface area contributed by atoms with Crippen molar-refractivity contribution in [3.63, 3.8) is 0 Å². The molecule has 0 atom stereocenters. The summed E-state index contributed by atoms with van der Waals surface area (Å²) >= 11 is 0. The molecule has 0 aliphatic carbocycles. The van der Waals surface area contributed by atoms with Crippen LogP contribution in [0.15, 0.2) is 0 Å². The fourth-order valence-electron chi connectivity index (χ4n) is 0. The Bertz CT molecular complexity index is 99.1. The van der Waals surface area contributed by atoms with Crippen LogP contribution in [0.2, 0.25) is 0 Å². The maximum atomic E-state index is 9.12. The fraction of sp³-hybridized carbons (Fsp3) is 0.500. The van der Waals surface area contributed by atoms with E-state index in [0.29, 0.717) is 0 Å². The molecule has 0 saturated carbocycles. The van der Waals surface area contributed by atoms with Crippen LogP contribution in [0.4, 0.5) is 0 Å². The molecule has 7 heteroatoms. The molecular formula is C4H8CdO6. The van der Waals surface area contributed by atoms with Crippen molar-refractivity contribution in [3.05, 3.63) is 0 Å². The number of aliphatic carboxylic acids is 2. The molecular weight excluding hydrogens is 256 g/mol. The molecule has 0 unspecified atom stereocenters. The van der Waals surface area contributed by atoms with Crippen molar-refractivity contribution in [3.8, 4) is 0 Å². The molecule has 0 aromatic carbocycles. The average molecular weight is 265 g/mol. The van der Waals surface area contributed by atoms with Crippen molar-refractivity contribution >= 4 is 11.9 Å². The van der Waals surface area contributed by atoms with Crippen molar-refractivity contribution in [2.45, 2.75) is 0 Å². The quantitative estimate of drug-likeness (QED) is 0.434. The van der Waals surface area contributed by atoms with Gasteiger partial charge in [0.1, 0.15) is 13.2 Å². The van der Waals surface area contributed by atoms with E-state index in [1.54, 1.807) is 0 Å². The molecule has 0 heterocycles. The first-order valence-corrected chi connectivity index (χ1v) is 2.20. The van der Waals surface area contributed by atoms with Crippen LogP contribution >= 0.6 is 0 Å². The van der Waals surface area contributed by atoms with E-state index in [4.69, 9.17) is 30.0 Å². The van der Waals surface area contributed by atoms with Gasteiger partial charge in [-0.1, -0.05) is 0 Å². The third-order valence-electron chi connectivity index (χ3n) is 0.271. The van der Waals surface area contributed by atoms with Crippen LogP contribution in [-0.2, 0) is 36.9 Å². The van der Waals surface area contributed by atoms with E-state index in [9.17, 15) is 0 Å². The molecule has 0 rings (SSSR count). The van der Waals surface area contributed by atoms with Gasteiger partial charge < -0.3 is 20.4 Å². The Kier molecular flexibility index (Phi) is 19.3. The number of rotatable bonds is 2. The predicted molar refractivity (Wildman–Crippen MR) is 29.4 cm³/mol. The minimum atomic E-state index is -1.19. The van der Waals surface area contributed by atoms with Crippen LogP contribution in [0.5, 0.6) is 0 Å².